The topological polar surface area (TPSA) is 63.1 Å². The lowest BCUT2D eigenvalue weighted by atomic mass is 10.00. The number of hydrogen-bond donors (Lipinski definition) is 2. The molecule has 2 aromatic rings. The summed E-state index contributed by atoms with van der Waals surface area (Å²) in [5.74, 6) is 0. The van der Waals surface area contributed by atoms with Gasteiger partial charge in [0.1, 0.15) is 4.90 Å². The first kappa shape index (κ1) is 13.2. The average Bonchev–Trinajstić information content (AvgIpc) is 2.86. The molecule has 1 aromatic carbocycles. The van der Waals surface area contributed by atoms with Crippen LogP contribution in [0.1, 0.15) is 11.1 Å². The summed E-state index contributed by atoms with van der Waals surface area (Å²) in [6, 6.07) is 7.35. The van der Waals surface area contributed by atoms with Crippen molar-refractivity contribution in [2.24, 2.45) is 7.05 Å². The van der Waals surface area contributed by atoms with Gasteiger partial charge in [0.25, 0.3) is 10.0 Å². The number of sulfonamides is 1. The number of anilines is 1. The Morgan fingerprint density at radius 2 is 2.15 bits per heavy atom. The Bertz CT molecular complexity index is 735. The predicted octanol–water partition coefficient (Wildman–Crippen LogP) is 1.47. The third-order valence-corrected chi connectivity index (χ3v) is 4.86. The number of benzene rings is 1. The number of aryl methyl sites for hydroxylation is 1. The number of rotatable bonds is 3. The first-order valence-corrected chi connectivity index (χ1v) is 8.01. The van der Waals surface area contributed by atoms with Gasteiger partial charge in [-0.05, 0) is 36.2 Å². The summed E-state index contributed by atoms with van der Waals surface area (Å²) in [5, 5.41) is 3.27. The highest BCUT2D eigenvalue weighted by Gasteiger charge is 2.19. The molecule has 0 aliphatic carbocycles. The van der Waals surface area contributed by atoms with Crippen molar-refractivity contribution >= 4 is 15.7 Å². The zero-order valence-corrected chi connectivity index (χ0v) is 12.1. The summed E-state index contributed by atoms with van der Waals surface area (Å²) in [7, 11) is -1.73. The maximum atomic E-state index is 12.4. The van der Waals surface area contributed by atoms with Crippen molar-refractivity contribution in [3.63, 3.8) is 0 Å². The van der Waals surface area contributed by atoms with Crippen molar-refractivity contribution in [1.82, 2.24) is 9.88 Å². The second-order valence-electron chi connectivity index (χ2n) is 4.99. The Labute approximate surface area is 118 Å². The van der Waals surface area contributed by atoms with Crippen LogP contribution in [0.15, 0.2) is 41.6 Å². The van der Waals surface area contributed by atoms with Crippen molar-refractivity contribution in [2.75, 3.05) is 11.3 Å². The normalized spacial score (nSPS) is 14.8. The van der Waals surface area contributed by atoms with Crippen LogP contribution in [-0.4, -0.2) is 19.5 Å². The smallest absolute Gasteiger partial charge is 0.263 e. The third-order valence-electron chi connectivity index (χ3n) is 3.51. The summed E-state index contributed by atoms with van der Waals surface area (Å²) < 4.78 is 29.1. The standard InChI is InChI=1S/C14H17N3O2S/c1-17-8-6-12(10-17)20(18,19)16-14-4-2-3-11-5-7-15-9-13(11)14/h2-4,6,8,10,15-16H,5,7,9H2,1H3. The van der Waals surface area contributed by atoms with E-state index >= 15 is 0 Å². The summed E-state index contributed by atoms with van der Waals surface area (Å²) in [6.07, 6.45) is 4.24. The fourth-order valence-electron chi connectivity index (χ4n) is 2.45. The van der Waals surface area contributed by atoms with Crippen molar-refractivity contribution in [2.45, 2.75) is 17.9 Å². The molecule has 0 saturated heterocycles. The molecule has 3 rings (SSSR count). The van der Waals surface area contributed by atoms with Gasteiger partial charge in [0.15, 0.2) is 0 Å². The number of hydrogen-bond acceptors (Lipinski definition) is 3. The van der Waals surface area contributed by atoms with Crippen LogP contribution in [-0.2, 0) is 30.0 Å². The highest BCUT2D eigenvalue weighted by molar-refractivity contribution is 7.92. The van der Waals surface area contributed by atoms with Crippen LogP contribution in [0.3, 0.4) is 0 Å². The molecule has 1 aromatic heterocycles. The summed E-state index contributed by atoms with van der Waals surface area (Å²) in [4.78, 5) is 0.279. The molecule has 0 radical (unpaired) electrons. The van der Waals surface area contributed by atoms with Crippen molar-refractivity contribution in [3.8, 4) is 0 Å². The fourth-order valence-corrected chi connectivity index (χ4v) is 3.59. The monoisotopic (exact) mass is 291 g/mol. The van der Waals surface area contributed by atoms with E-state index in [2.05, 4.69) is 16.1 Å². The molecule has 0 amide bonds. The van der Waals surface area contributed by atoms with E-state index in [-0.39, 0.29) is 4.90 Å². The fraction of sp³-hybridized carbons (Fsp3) is 0.286. The van der Waals surface area contributed by atoms with E-state index in [1.54, 1.807) is 30.1 Å². The van der Waals surface area contributed by atoms with Gasteiger partial charge in [-0.1, -0.05) is 12.1 Å². The van der Waals surface area contributed by atoms with E-state index in [1.807, 2.05) is 12.1 Å². The van der Waals surface area contributed by atoms with Crippen LogP contribution in [0.25, 0.3) is 0 Å². The van der Waals surface area contributed by atoms with E-state index in [0.717, 1.165) is 18.5 Å². The third kappa shape index (κ3) is 2.44. The highest BCUT2D eigenvalue weighted by atomic mass is 32.2. The van der Waals surface area contributed by atoms with E-state index in [9.17, 15) is 8.42 Å². The zero-order valence-electron chi connectivity index (χ0n) is 11.3. The van der Waals surface area contributed by atoms with E-state index in [1.165, 1.54) is 5.56 Å². The summed E-state index contributed by atoms with van der Waals surface area (Å²) in [5.41, 5.74) is 2.91. The molecule has 0 spiro atoms. The molecule has 1 aliphatic rings. The molecule has 106 valence electrons. The molecule has 2 N–H and O–H groups in total. The lowest BCUT2D eigenvalue weighted by molar-refractivity contribution is 0.600. The van der Waals surface area contributed by atoms with Gasteiger partial charge in [-0.25, -0.2) is 8.42 Å². The van der Waals surface area contributed by atoms with Crippen LogP contribution >= 0.6 is 0 Å². The molecular formula is C14H17N3O2S. The first-order chi connectivity index (χ1) is 9.56. The quantitative estimate of drug-likeness (QED) is 0.900. The van der Waals surface area contributed by atoms with Gasteiger partial charge in [-0.2, -0.15) is 0 Å². The minimum absolute atomic E-state index is 0.279. The van der Waals surface area contributed by atoms with E-state index in [4.69, 9.17) is 0 Å². The number of nitrogens with zero attached hydrogens (tertiary/aromatic N) is 1. The molecule has 0 fully saturated rings. The Morgan fingerprint density at radius 1 is 1.30 bits per heavy atom. The van der Waals surface area contributed by atoms with Gasteiger partial charge in [0, 0.05) is 26.0 Å². The Hall–Kier alpha value is -1.79. The molecular weight excluding hydrogens is 274 g/mol. The SMILES string of the molecule is Cn1ccc(S(=O)(=O)Nc2cccc3c2CNCC3)c1. The average molecular weight is 291 g/mol. The molecule has 20 heavy (non-hydrogen) atoms. The minimum atomic E-state index is -3.52. The van der Waals surface area contributed by atoms with E-state index < -0.39 is 10.0 Å². The minimum Gasteiger partial charge on any atom is -0.356 e. The zero-order chi connectivity index (χ0) is 14.2. The van der Waals surface area contributed by atoms with Crippen molar-refractivity contribution < 1.29 is 8.42 Å². The van der Waals surface area contributed by atoms with Crippen LogP contribution in [0, 0.1) is 0 Å². The molecule has 0 unspecified atom stereocenters. The van der Waals surface area contributed by atoms with Gasteiger partial charge in [-0.3, -0.25) is 4.72 Å². The largest absolute Gasteiger partial charge is 0.356 e. The molecule has 5 nitrogen and oxygen atoms in total. The van der Waals surface area contributed by atoms with Crippen molar-refractivity contribution in [3.05, 3.63) is 47.8 Å². The molecule has 0 atom stereocenters. The summed E-state index contributed by atoms with van der Waals surface area (Å²) >= 11 is 0. The molecule has 0 bridgehead atoms. The van der Waals surface area contributed by atoms with Crippen LogP contribution in [0.2, 0.25) is 0 Å². The van der Waals surface area contributed by atoms with Gasteiger partial charge in [-0.15, -0.1) is 0 Å². The Balaban J connectivity index is 1.95. The highest BCUT2D eigenvalue weighted by Crippen LogP contribution is 2.25. The molecule has 2 heterocycles. The van der Waals surface area contributed by atoms with E-state index in [0.29, 0.717) is 12.2 Å². The molecule has 1 aliphatic heterocycles. The Morgan fingerprint density at radius 3 is 2.90 bits per heavy atom. The second-order valence-corrected chi connectivity index (χ2v) is 6.67. The maximum Gasteiger partial charge on any atom is 0.263 e. The summed E-state index contributed by atoms with van der Waals surface area (Å²) in [6.45, 7) is 1.63. The number of nitrogens with one attached hydrogen (secondary N) is 2. The lowest BCUT2D eigenvalue weighted by Crippen LogP contribution is -2.25. The molecule has 0 saturated carbocycles. The van der Waals surface area contributed by atoms with Crippen LogP contribution in [0.5, 0.6) is 0 Å². The first-order valence-electron chi connectivity index (χ1n) is 6.52. The van der Waals surface area contributed by atoms with Gasteiger partial charge in [0.05, 0.1) is 5.69 Å². The number of fused-ring (bicyclic) bond motifs is 1. The van der Waals surface area contributed by atoms with Crippen LogP contribution < -0.4 is 10.0 Å². The van der Waals surface area contributed by atoms with Gasteiger partial charge < -0.3 is 9.88 Å². The van der Waals surface area contributed by atoms with Gasteiger partial charge in [0.2, 0.25) is 0 Å². The second kappa shape index (κ2) is 4.96. The Kier molecular flexibility index (Phi) is 3.27. The van der Waals surface area contributed by atoms with Crippen molar-refractivity contribution in [1.29, 1.82) is 0 Å². The molecule has 6 heteroatoms. The van der Waals surface area contributed by atoms with Gasteiger partial charge >= 0.3 is 0 Å². The van der Waals surface area contributed by atoms with Crippen LogP contribution in [0.4, 0.5) is 5.69 Å². The lowest BCUT2D eigenvalue weighted by Gasteiger charge is -2.20. The number of aromatic nitrogens is 1. The maximum absolute atomic E-state index is 12.4. The predicted molar refractivity (Wildman–Crippen MR) is 78.1 cm³/mol.